The molecule has 5 unspecified atom stereocenters. The molecule has 0 aromatic rings. The Labute approximate surface area is 174 Å². The van der Waals surface area contributed by atoms with Gasteiger partial charge in [-0.05, 0) is 70.9 Å². The van der Waals surface area contributed by atoms with Crippen molar-refractivity contribution in [2.24, 2.45) is 5.92 Å². The molecule has 164 valence electrons. The number of allylic oxidation sites excluding steroid dienone is 2. The summed E-state index contributed by atoms with van der Waals surface area (Å²) in [5, 5.41) is 27.7. The summed E-state index contributed by atoms with van der Waals surface area (Å²) in [6.07, 6.45) is 10.4. The third-order valence-corrected chi connectivity index (χ3v) is 7.51. The summed E-state index contributed by atoms with van der Waals surface area (Å²) >= 11 is 0. The molecule has 4 rings (SSSR count). The van der Waals surface area contributed by atoms with Gasteiger partial charge < -0.3 is 20.4 Å². The second-order valence-electron chi connectivity index (χ2n) is 9.34. The Hall–Kier alpha value is -0.990. The van der Waals surface area contributed by atoms with Crippen LogP contribution in [0.5, 0.6) is 0 Å². The maximum atomic E-state index is 13.4. The van der Waals surface area contributed by atoms with Gasteiger partial charge in [-0.25, -0.2) is 0 Å². The number of carbonyl (C=O) groups excluding carboxylic acids is 1. The number of likely N-dealkylation sites (tertiary alicyclic amines) is 1. The van der Waals surface area contributed by atoms with E-state index in [0.29, 0.717) is 5.92 Å². The lowest BCUT2D eigenvalue weighted by Gasteiger charge is -2.49. The molecule has 7 heteroatoms. The van der Waals surface area contributed by atoms with Crippen molar-refractivity contribution in [2.45, 2.75) is 88.4 Å². The second-order valence-corrected chi connectivity index (χ2v) is 9.34. The first-order chi connectivity index (χ1) is 14.1. The van der Waals surface area contributed by atoms with E-state index in [-0.39, 0.29) is 18.1 Å². The van der Waals surface area contributed by atoms with E-state index in [2.05, 4.69) is 16.7 Å². The van der Waals surface area contributed by atoms with E-state index in [1.54, 1.807) is 5.57 Å². The van der Waals surface area contributed by atoms with Crippen molar-refractivity contribution in [1.29, 1.82) is 0 Å². The van der Waals surface area contributed by atoms with Crippen molar-refractivity contribution >= 4 is 5.91 Å². The maximum absolute atomic E-state index is 13.4. The van der Waals surface area contributed by atoms with Crippen LogP contribution in [0.3, 0.4) is 0 Å². The highest BCUT2D eigenvalue weighted by Crippen LogP contribution is 2.32. The molecule has 5 atom stereocenters. The monoisotopic (exact) mass is 406 g/mol. The number of hydrogen-bond donors (Lipinski definition) is 4. The molecule has 4 aliphatic rings. The normalized spacial score (nSPS) is 38.0. The zero-order chi connectivity index (χ0) is 20.4. The van der Waals surface area contributed by atoms with E-state index in [1.807, 2.05) is 16.8 Å². The first-order valence-electron chi connectivity index (χ1n) is 11.6. The van der Waals surface area contributed by atoms with Gasteiger partial charge in [-0.1, -0.05) is 18.1 Å². The van der Waals surface area contributed by atoms with E-state index in [1.165, 1.54) is 25.7 Å². The molecule has 1 amide bonds. The largest absolute Gasteiger partial charge is 0.387 e. The first kappa shape index (κ1) is 21.2. The standard InChI is InChI=1S/C22H38N4O3/c1-25-18(19(27)21(28)24-20(25)17-9-5-6-12-23-17)22(29)26-13-10-16(11-14-26)15-7-3-2-4-8-15/h7,16-21,23-24,27-28H,2-6,8-14H2,1H3. The number of nitrogens with one attached hydrogen (secondary N) is 2. The van der Waals surface area contributed by atoms with Gasteiger partial charge in [0, 0.05) is 19.1 Å². The Morgan fingerprint density at radius 3 is 2.55 bits per heavy atom. The fourth-order valence-corrected chi connectivity index (χ4v) is 5.74. The quantitative estimate of drug-likeness (QED) is 0.518. The highest BCUT2D eigenvalue weighted by molar-refractivity contribution is 5.83. The molecule has 7 nitrogen and oxygen atoms in total. The van der Waals surface area contributed by atoms with Gasteiger partial charge in [-0.2, -0.15) is 0 Å². The molecular weight excluding hydrogens is 368 g/mol. The molecule has 1 aliphatic carbocycles. The number of amides is 1. The Morgan fingerprint density at radius 1 is 1.10 bits per heavy atom. The van der Waals surface area contributed by atoms with Crippen LogP contribution in [0, 0.1) is 5.92 Å². The highest BCUT2D eigenvalue weighted by Gasteiger charge is 2.47. The highest BCUT2D eigenvalue weighted by atomic mass is 16.3. The minimum Gasteiger partial charge on any atom is -0.387 e. The molecule has 4 N–H and O–H groups in total. The van der Waals surface area contributed by atoms with E-state index in [0.717, 1.165) is 51.7 Å². The van der Waals surface area contributed by atoms with Crippen molar-refractivity contribution in [3.63, 3.8) is 0 Å². The average Bonchev–Trinajstić information content (AvgIpc) is 2.77. The minimum absolute atomic E-state index is 0.0440. The molecule has 0 aromatic heterocycles. The van der Waals surface area contributed by atoms with Crippen LogP contribution in [0.15, 0.2) is 11.6 Å². The fraction of sp³-hybridized carbons (Fsp3) is 0.864. The number of hydrogen-bond acceptors (Lipinski definition) is 6. The number of rotatable bonds is 3. The Balaban J connectivity index is 1.40. The Kier molecular flexibility index (Phi) is 6.91. The fourth-order valence-electron chi connectivity index (χ4n) is 5.74. The Morgan fingerprint density at radius 2 is 1.90 bits per heavy atom. The Bertz CT molecular complexity index is 599. The number of aliphatic hydroxyl groups is 2. The first-order valence-corrected chi connectivity index (χ1v) is 11.6. The van der Waals surface area contributed by atoms with Gasteiger partial charge in [0.1, 0.15) is 18.4 Å². The van der Waals surface area contributed by atoms with E-state index in [4.69, 9.17) is 0 Å². The van der Waals surface area contributed by atoms with Gasteiger partial charge in [0.15, 0.2) is 0 Å². The van der Waals surface area contributed by atoms with Crippen LogP contribution in [0.2, 0.25) is 0 Å². The lowest BCUT2D eigenvalue weighted by Crippen LogP contribution is -2.74. The molecule has 29 heavy (non-hydrogen) atoms. The third-order valence-electron chi connectivity index (χ3n) is 7.51. The van der Waals surface area contributed by atoms with Gasteiger partial charge in [-0.15, -0.1) is 0 Å². The summed E-state index contributed by atoms with van der Waals surface area (Å²) in [6, 6.07) is -0.527. The van der Waals surface area contributed by atoms with Crippen LogP contribution < -0.4 is 10.6 Å². The van der Waals surface area contributed by atoms with Crippen molar-refractivity contribution < 1.29 is 15.0 Å². The lowest BCUT2D eigenvalue weighted by atomic mass is 9.83. The van der Waals surface area contributed by atoms with Gasteiger partial charge in [0.2, 0.25) is 5.91 Å². The lowest BCUT2D eigenvalue weighted by molar-refractivity contribution is -0.162. The number of likely N-dealkylation sites (N-methyl/N-ethyl adjacent to an activating group) is 1. The van der Waals surface area contributed by atoms with Crippen LogP contribution >= 0.6 is 0 Å². The minimum atomic E-state index is -1.12. The summed E-state index contributed by atoms with van der Waals surface area (Å²) in [6.45, 7) is 2.44. The predicted octanol–water partition coefficient (Wildman–Crippen LogP) is 0.777. The van der Waals surface area contributed by atoms with E-state index in [9.17, 15) is 15.0 Å². The smallest absolute Gasteiger partial charge is 0.242 e. The molecule has 3 aliphatic heterocycles. The van der Waals surface area contributed by atoms with Gasteiger partial charge in [-0.3, -0.25) is 15.0 Å². The molecule has 0 aromatic carbocycles. The molecule has 0 radical (unpaired) electrons. The van der Waals surface area contributed by atoms with Crippen LogP contribution in [-0.2, 0) is 4.79 Å². The molecular formula is C22H38N4O3. The molecule has 3 fully saturated rings. The van der Waals surface area contributed by atoms with Crippen LogP contribution in [0.4, 0.5) is 0 Å². The third kappa shape index (κ3) is 4.54. The summed E-state index contributed by atoms with van der Waals surface area (Å²) in [4.78, 5) is 17.2. The molecule has 0 bridgehead atoms. The van der Waals surface area contributed by atoms with Gasteiger partial charge >= 0.3 is 0 Å². The van der Waals surface area contributed by atoms with Crippen molar-refractivity contribution in [3.8, 4) is 0 Å². The summed E-state index contributed by atoms with van der Waals surface area (Å²) in [7, 11) is 1.89. The molecule has 0 spiro atoms. The van der Waals surface area contributed by atoms with Crippen molar-refractivity contribution in [2.75, 3.05) is 26.7 Å². The van der Waals surface area contributed by atoms with Gasteiger partial charge in [0.05, 0.1) is 6.17 Å². The second kappa shape index (κ2) is 9.43. The molecule has 0 saturated carbocycles. The van der Waals surface area contributed by atoms with E-state index < -0.39 is 18.4 Å². The van der Waals surface area contributed by atoms with Crippen LogP contribution in [0.25, 0.3) is 0 Å². The zero-order valence-electron chi connectivity index (χ0n) is 17.7. The average molecular weight is 407 g/mol. The number of aliphatic hydroxyl groups excluding tert-OH is 2. The zero-order valence-corrected chi connectivity index (χ0v) is 17.7. The van der Waals surface area contributed by atoms with Crippen molar-refractivity contribution in [1.82, 2.24) is 20.4 Å². The molecule has 3 heterocycles. The van der Waals surface area contributed by atoms with E-state index >= 15 is 0 Å². The van der Waals surface area contributed by atoms with Crippen LogP contribution in [-0.4, -0.2) is 83.2 Å². The number of nitrogens with zero attached hydrogens (tertiary/aromatic N) is 2. The number of piperidine rings is 2. The predicted molar refractivity (Wildman–Crippen MR) is 112 cm³/mol. The summed E-state index contributed by atoms with van der Waals surface area (Å²) in [5.41, 5.74) is 1.60. The van der Waals surface area contributed by atoms with Crippen molar-refractivity contribution in [3.05, 3.63) is 11.6 Å². The topological polar surface area (TPSA) is 88.1 Å². The van der Waals surface area contributed by atoms with Crippen LogP contribution in [0.1, 0.15) is 57.8 Å². The number of carbonyl (C=O) groups is 1. The SMILES string of the molecule is CN1C(C2CCCCN2)NC(O)C(O)C1C(=O)N1CCC(C2=CCCCC2)CC1. The molecule has 3 saturated heterocycles. The van der Waals surface area contributed by atoms with Gasteiger partial charge in [0.25, 0.3) is 0 Å². The summed E-state index contributed by atoms with van der Waals surface area (Å²) < 4.78 is 0. The summed E-state index contributed by atoms with van der Waals surface area (Å²) in [5.74, 6) is 0.567. The maximum Gasteiger partial charge on any atom is 0.242 e.